The monoisotopic (exact) mass is 367 g/mol. The summed E-state index contributed by atoms with van der Waals surface area (Å²) in [6.07, 6.45) is 0. The Morgan fingerprint density at radius 2 is 2.12 bits per heavy atom. The Morgan fingerprint density at radius 1 is 1.32 bits per heavy atom. The van der Waals surface area contributed by atoms with Crippen LogP contribution in [0.25, 0.3) is 11.5 Å². The van der Waals surface area contributed by atoms with E-state index in [1.54, 1.807) is 14.2 Å². The standard InChI is InChI=1S/C18H25N3O3.ClH/c1-12-10-21(8-7-19-12)11-16-13(2)24-18(20-16)15-9-14(22-3)5-6-17(15)23-4;/h5-6,9,12,19H,7-8,10-11H2,1-4H3;1H. The van der Waals surface area contributed by atoms with Gasteiger partial charge in [-0.25, -0.2) is 4.98 Å². The summed E-state index contributed by atoms with van der Waals surface area (Å²) in [6, 6.07) is 6.12. The summed E-state index contributed by atoms with van der Waals surface area (Å²) in [5.41, 5.74) is 1.78. The van der Waals surface area contributed by atoms with Crippen molar-refractivity contribution in [2.24, 2.45) is 0 Å². The van der Waals surface area contributed by atoms with Gasteiger partial charge in [-0.1, -0.05) is 0 Å². The second kappa shape index (κ2) is 8.56. The van der Waals surface area contributed by atoms with E-state index in [1.807, 2.05) is 25.1 Å². The Hall–Kier alpha value is -1.76. The average Bonchev–Trinajstić information content (AvgIpc) is 2.95. The second-order valence-corrected chi connectivity index (χ2v) is 6.18. The van der Waals surface area contributed by atoms with Crippen LogP contribution in [0.3, 0.4) is 0 Å². The van der Waals surface area contributed by atoms with E-state index in [-0.39, 0.29) is 12.4 Å². The molecule has 0 saturated carbocycles. The molecule has 1 atom stereocenters. The molecule has 6 nitrogen and oxygen atoms in total. The van der Waals surface area contributed by atoms with Crippen LogP contribution in [0.5, 0.6) is 11.5 Å². The van der Waals surface area contributed by atoms with Gasteiger partial charge in [0.1, 0.15) is 17.3 Å². The van der Waals surface area contributed by atoms with Gasteiger partial charge in [0.25, 0.3) is 0 Å². The van der Waals surface area contributed by atoms with Crippen LogP contribution in [0.4, 0.5) is 0 Å². The number of methoxy groups -OCH3 is 2. The Balaban J connectivity index is 0.00000225. The summed E-state index contributed by atoms with van der Waals surface area (Å²) in [4.78, 5) is 7.12. The fraction of sp³-hybridized carbons (Fsp3) is 0.500. The summed E-state index contributed by atoms with van der Waals surface area (Å²) in [5.74, 6) is 2.89. The number of nitrogens with zero attached hydrogens (tertiary/aromatic N) is 2. The van der Waals surface area contributed by atoms with Gasteiger partial charge in [0, 0.05) is 32.2 Å². The van der Waals surface area contributed by atoms with Crippen molar-refractivity contribution < 1.29 is 13.9 Å². The average molecular weight is 368 g/mol. The smallest absolute Gasteiger partial charge is 0.230 e. The van der Waals surface area contributed by atoms with Gasteiger partial charge in [0.05, 0.1) is 25.5 Å². The minimum Gasteiger partial charge on any atom is -0.497 e. The normalized spacial score (nSPS) is 17.8. The van der Waals surface area contributed by atoms with Crippen molar-refractivity contribution in [2.75, 3.05) is 33.9 Å². The first-order chi connectivity index (χ1) is 11.6. The van der Waals surface area contributed by atoms with E-state index >= 15 is 0 Å². The number of rotatable bonds is 5. The van der Waals surface area contributed by atoms with Gasteiger partial charge in [0.15, 0.2) is 0 Å². The van der Waals surface area contributed by atoms with Crippen LogP contribution in [-0.4, -0.2) is 49.8 Å². The lowest BCUT2D eigenvalue weighted by Crippen LogP contribution is -2.48. The summed E-state index contributed by atoms with van der Waals surface area (Å²) in [5, 5.41) is 3.46. The molecule has 1 N–H and O–H groups in total. The van der Waals surface area contributed by atoms with Crippen molar-refractivity contribution in [1.82, 2.24) is 15.2 Å². The molecule has 0 aliphatic carbocycles. The second-order valence-electron chi connectivity index (χ2n) is 6.18. The maximum atomic E-state index is 5.92. The molecule has 0 radical (unpaired) electrons. The largest absolute Gasteiger partial charge is 0.497 e. The number of oxazole rings is 1. The highest BCUT2D eigenvalue weighted by Crippen LogP contribution is 2.34. The van der Waals surface area contributed by atoms with Gasteiger partial charge in [-0.3, -0.25) is 4.90 Å². The molecule has 1 unspecified atom stereocenters. The highest BCUT2D eigenvalue weighted by molar-refractivity contribution is 5.85. The van der Waals surface area contributed by atoms with E-state index in [0.717, 1.165) is 54.7 Å². The maximum Gasteiger partial charge on any atom is 0.230 e. The van der Waals surface area contributed by atoms with E-state index in [0.29, 0.717) is 11.9 Å². The fourth-order valence-corrected chi connectivity index (χ4v) is 3.04. The van der Waals surface area contributed by atoms with E-state index in [4.69, 9.17) is 18.9 Å². The number of hydrogen-bond acceptors (Lipinski definition) is 6. The molecule has 2 aromatic rings. The number of aromatic nitrogens is 1. The van der Waals surface area contributed by atoms with Crippen LogP contribution in [-0.2, 0) is 6.54 Å². The predicted molar refractivity (Wildman–Crippen MR) is 99.8 cm³/mol. The number of halogens is 1. The van der Waals surface area contributed by atoms with Gasteiger partial charge in [0.2, 0.25) is 5.89 Å². The minimum atomic E-state index is 0. The summed E-state index contributed by atoms with van der Waals surface area (Å²) in [7, 11) is 3.29. The molecule has 0 spiro atoms. The number of ether oxygens (including phenoxy) is 2. The molecule has 7 heteroatoms. The van der Waals surface area contributed by atoms with E-state index < -0.39 is 0 Å². The molecule has 1 fully saturated rings. The maximum absolute atomic E-state index is 5.92. The van der Waals surface area contributed by atoms with E-state index in [9.17, 15) is 0 Å². The van der Waals surface area contributed by atoms with Gasteiger partial charge in [-0.05, 0) is 32.0 Å². The first-order valence-corrected chi connectivity index (χ1v) is 8.25. The Labute approximate surface area is 154 Å². The lowest BCUT2D eigenvalue weighted by atomic mass is 10.2. The number of piperazine rings is 1. The van der Waals surface area contributed by atoms with Crippen LogP contribution in [0.15, 0.2) is 22.6 Å². The number of benzene rings is 1. The van der Waals surface area contributed by atoms with Gasteiger partial charge in [-0.15, -0.1) is 12.4 Å². The SMILES string of the molecule is COc1ccc(OC)c(-c2nc(CN3CCNC(C)C3)c(C)o2)c1.Cl. The third-order valence-electron chi connectivity index (χ3n) is 4.36. The molecule has 1 saturated heterocycles. The van der Waals surface area contributed by atoms with E-state index in [1.165, 1.54) is 0 Å². The van der Waals surface area contributed by atoms with E-state index in [2.05, 4.69) is 17.1 Å². The lowest BCUT2D eigenvalue weighted by molar-refractivity contribution is 0.197. The van der Waals surface area contributed by atoms with Crippen molar-refractivity contribution in [3.05, 3.63) is 29.7 Å². The lowest BCUT2D eigenvalue weighted by Gasteiger charge is -2.31. The van der Waals surface area contributed by atoms with Crippen molar-refractivity contribution >= 4 is 12.4 Å². The van der Waals surface area contributed by atoms with Crippen molar-refractivity contribution in [3.8, 4) is 23.0 Å². The molecule has 0 amide bonds. The number of aryl methyl sites for hydroxylation is 1. The Bertz CT molecular complexity index is 705. The van der Waals surface area contributed by atoms with Crippen LogP contribution < -0.4 is 14.8 Å². The molecular weight excluding hydrogens is 342 g/mol. The quantitative estimate of drug-likeness (QED) is 0.876. The van der Waals surface area contributed by atoms with Gasteiger partial charge >= 0.3 is 0 Å². The Morgan fingerprint density at radius 3 is 2.80 bits per heavy atom. The highest BCUT2D eigenvalue weighted by Gasteiger charge is 2.21. The first kappa shape index (κ1) is 19.6. The first-order valence-electron chi connectivity index (χ1n) is 8.25. The zero-order chi connectivity index (χ0) is 17.1. The molecule has 0 bridgehead atoms. The highest BCUT2D eigenvalue weighted by atomic mass is 35.5. The zero-order valence-electron chi connectivity index (χ0n) is 15.2. The fourth-order valence-electron chi connectivity index (χ4n) is 3.04. The molecular formula is C18H26ClN3O3. The van der Waals surface area contributed by atoms with Crippen LogP contribution in [0.1, 0.15) is 18.4 Å². The summed E-state index contributed by atoms with van der Waals surface area (Å²) < 4.78 is 16.7. The number of nitrogens with one attached hydrogen (secondary N) is 1. The van der Waals surface area contributed by atoms with Crippen LogP contribution >= 0.6 is 12.4 Å². The molecule has 1 aromatic heterocycles. The zero-order valence-corrected chi connectivity index (χ0v) is 16.0. The minimum absolute atomic E-state index is 0. The van der Waals surface area contributed by atoms with Gasteiger partial charge in [-0.2, -0.15) is 0 Å². The van der Waals surface area contributed by atoms with Crippen molar-refractivity contribution in [3.63, 3.8) is 0 Å². The predicted octanol–water partition coefficient (Wildman–Crippen LogP) is 2.88. The summed E-state index contributed by atoms with van der Waals surface area (Å²) >= 11 is 0. The topological polar surface area (TPSA) is 59.8 Å². The van der Waals surface area contributed by atoms with Crippen molar-refractivity contribution in [1.29, 1.82) is 0 Å². The third-order valence-corrected chi connectivity index (χ3v) is 4.36. The molecule has 2 heterocycles. The molecule has 1 aliphatic rings. The molecule has 138 valence electrons. The summed E-state index contributed by atoms with van der Waals surface area (Å²) in [6.45, 7) is 8.01. The molecule has 1 aliphatic heterocycles. The molecule has 1 aromatic carbocycles. The van der Waals surface area contributed by atoms with Crippen molar-refractivity contribution in [2.45, 2.75) is 26.4 Å². The third kappa shape index (κ3) is 4.45. The Kier molecular flexibility index (Phi) is 6.70. The molecule has 3 rings (SSSR count). The number of hydrogen-bond donors (Lipinski definition) is 1. The van der Waals surface area contributed by atoms with Crippen LogP contribution in [0.2, 0.25) is 0 Å². The van der Waals surface area contributed by atoms with Crippen LogP contribution in [0, 0.1) is 6.92 Å². The van der Waals surface area contributed by atoms with Gasteiger partial charge < -0.3 is 19.2 Å². The molecule has 25 heavy (non-hydrogen) atoms.